The van der Waals surface area contributed by atoms with E-state index in [1.54, 1.807) is 25.3 Å². The number of methoxy groups -OCH3 is 1. The topological polar surface area (TPSA) is 161 Å². The van der Waals surface area contributed by atoms with Crippen LogP contribution < -0.4 is 30.9 Å². The number of hydrogen-bond donors (Lipinski definition) is 4. The van der Waals surface area contributed by atoms with Crippen LogP contribution in [0.25, 0.3) is 0 Å². The van der Waals surface area contributed by atoms with Gasteiger partial charge in [0.15, 0.2) is 11.6 Å². The quantitative estimate of drug-likeness (QED) is 0.0931. The molecule has 0 bridgehead atoms. The van der Waals surface area contributed by atoms with Crippen LogP contribution in [-0.2, 0) is 14.4 Å². The van der Waals surface area contributed by atoms with Gasteiger partial charge in [0.1, 0.15) is 16.8 Å². The first kappa shape index (κ1) is 39.5. The van der Waals surface area contributed by atoms with E-state index >= 15 is 0 Å². The third-order valence-electron chi connectivity index (χ3n) is 11.1. The molecule has 7 rings (SSSR count). The second kappa shape index (κ2) is 17.6. The van der Waals surface area contributed by atoms with Crippen molar-refractivity contribution in [3.05, 3.63) is 89.1 Å². The van der Waals surface area contributed by atoms with Crippen molar-refractivity contribution in [2.24, 2.45) is 0 Å². The Balaban J connectivity index is 0.891. The van der Waals surface area contributed by atoms with E-state index in [1.165, 1.54) is 18.7 Å². The van der Waals surface area contributed by atoms with Crippen LogP contribution in [0.3, 0.4) is 0 Å². The molecule has 4 heterocycles. The molecule has 3 aliphatic rings. The average Bonchev–Trinajstić information content (AvgIpc) is 3.71. The number of aromatic nitrogens is 2. The lowest BCUT2D eigenvalue weighted by Crippen LogP contribution is -2.47. The van der Waals surface area contributed by atoms with Crippen LogP contribution in [0, 0.1) is 0 Å². The van der Waals surface area contributed by atoms with Crippen molar-refractivity contribution in [1.82, 2.24) is 25.1 Å². The van der Waals surface area contributed by atoms with Gasteiger partial charge in [0.2, 0.25) is 23.7 Å². The molecule has 3 aliphatic heterocycles. The zero-order valence-corrected chi connectivity index (χ0v) is 33.1. The predicted octanol–water partition coefficient (Wildman–Crippen LogP) is 5.96. The second-order valence-corrected chi connectivity index (χ2v) is 15.2. The second-order valence-electron chi connectivity index (χ2n) is 14.8. The molecule has 15 heteroatoms. The van der Waals surface area contributed by atoms with Crippen molar-refractivity contribution >= 4 is 69.6 Å². The minimum Gasteiger partial charge on any atom is -0.494 e. The molecule has 1 unspecified atom stereocenters. The number of para-hydroxylation sites is 1. The zero-order valence-electron chi connectivity index (χ0n) is 32.4. The Labute approximate surface area is 337 Å². The highest BCUT2D eigenvalue weighted by molar-refractivity contribution is 6.33. The number of carbonyl (C=O) groups excluding carboxylic acids is 4. The number of piperidine rings is 2. The Bertz CT molecular complexity index is 2130. The summed E-state index contributed by atoms with van der Waals surface area (Å²) >= 11 is 6.42. The molecule has 3 amide bonds. The van der Waals surface area contributed by atoms with Gasteiger partial charge in [-0.05, 0) is 93.6 Å². The summed E-state index contributed by atoms with van der Waals surface area (Å²) in [5.41, 5.74) is 4.90. The van der Waals surface area contributed by atoms with Crippen molar-refractivity contribution in [3.8, 4) is 5.75 Å². The highest BCUT2D eigenvalue weighted by Crippen LogP contribution is 2.35. The maximum Gasteiger partial charge on any atom is 0.249 e. The van der Waals surface area contributed by atoms with E-state index in [4.69, 9.17) is 16.3 Å². The first-order valence-electron chi connectivity index (χ1n) is 19.3. The van der Waals surface area contributed by atoms with Crippen molar-refractivity contribution in [2.75, 3.05) is 67.7 Å². The highest BCUT2D eigenvalue weighted by Gasteiger charge is 2.31. The summed E-state index contributed by atoms with van der Waals surface area (Å²) in [6.07, 6.45) is 5.13. The Morgan fingerprint density at radius 3 is 2.47 bits per heavy atom. The predicted molar refractivity (Wildman–Crippen MR) is 221 cm³/mol. The van der Waals surface area contributed by atoms with E-state index in [9.17, 15) is 19.2 Å². The van der Waals surface area contributed by atoms with E-state index in [0.717, 1.165) is 50.3 Å². The van der Waals surface area contributed by atoms with Gasteiger partial charge in [-0.15, -0.1) is 0 Å². The van der Waals surface area contributed by atoms with E-state index < -0.39 is 6.04 Å². The fourth-order valence-corrected chi connectivity index (χ4v) is 7.89. The monoisotopic (exact) mass is 793 g/mol. The van der Waals surface area contributed by atoms with Crippen LogP contribution in [0.2, 0.25) is 5.02 Å². The van der Waals surface area contributed by atoms with Gasteiger partial charge in [-0.2, -0.15) is 4.98 Å². The average molecular weight is 794 g/mol. The summed E-state index contributed by atoms with van der Waals surface area (Å²) in [4.78, 5) is 64.5. The highest BCUT2D eigenvalue weighted by atomic mass is 35.5. The molecular weight excluding hydrogens is 746 g/mol. The molecule has 4 N–H and O–H groups in total. The summed E-state index contributed by atoms with van der Waals surface area (Å²) in [6.45, 7) is 5.13. The number of ether oxygens (including phenoxy) is 1. The number of benzene rings is 3. The van der Waals surface area contributed by atoms with Crippen molar-refractivity contribution < 1.29 is 23.9 Å². The summed E-state index contributed by atoms with van der Waals surface area (Å²) in [7, 11) is 3.52. The number of likely N-dealkylation sites (N-methyl/N-ethyl adjacent to an activating group) is 1. The minimum absolute atomic E-state index is 0.0777. The van der Waals surface area contributed by atoms with Gasteiger partial charge < -0.3 is 30.5 Å². The zero-order chi connectivity index (χ0) is 40.1. The number of ketones is 1. The molecule has 57 heavy (non-hydrogen) atoms. The Morgan fingerprint density at radius 2 is 1.74 bits per heavy atom. The smallest absolute Gasteiger partial charge is 0.249 e. The van der Waals surface area contributed by atoms with Crippen LogP contribution >= 0.6 is 11.6 Å². The fraction of sp³-hybridized carbons (Fsp3) is 0.381. The minimum atomic E-state index is -0.403. The molecule has 1 aromatic heterocycles. The molecular formula is C42H48ClN9O5. The van der Waals surface area contributed by atoms with Crippen molar-refractivity contribution in [1.29, 1.82) is 0 Å². The SMILES string of the molecule is COc1cc(N2CC[C@@H](N(C)C(=O)CN3CCC(c4ccc(NC5CCC(=O)NC5=O)cc4)CC3)C2)ccc1Nc1ncc(Cl)c(Nc2ccccc2C(C)=O)n1. The molecule has 0 radical (unpaired) electrons. The third-order valence-corrected chi connectivity index (χ3v) is 11.4. The van der Waals surface area contributed by atoms with Gasteiger partial charge in [0.05, 0.1) is 37.3 Å². The van der Waals surface area contributed by atoms with Crippen LogP contribution in [0.5, 0.6) is 5.75 Å². The van der Waals surface area contributed by atoms with Crippen molar-refractivity contribution in [3.63, 3.8) is 0 Å². The van der Waals surface area contributed by atoms with Gasteiger partial charge in [-0.25, -0.2) is 4.98 Å². The number of anilines is 6. The Kier molecular flexibility index (Phi) is 12.2. The van der Waals surface area contributed by atoms with Crippen LogP contribution in [-0.4, -0.2) is 102 Å². The number of carbonyl (C=O) groups is 4. The molecule has 0 saturated carbocycles. The third kappa shape index (κ3) is 9.46. The molecule has 298 valence electrons. The summed E-state index contributed by atoms with van der Waals surface area (Å²) in [6, 6.07) is 21.0. The van der Waals surface area contributed by atoms with E-state index in [1.807, 2.05) is 48.3 Å². The number of amides is 3. The van der Waals surface area contributed by atoms with E-state index in [0.29, 0.717) is 71.3 Å². The van der Waals surface area contributed by atoms with Crippen LogP contribution in [0.15, 0.2) is 72.9 Å². The maximum absolute atomic E-state index is 13.5. The van der Waals surface area contributed by atoms with Gasteiger partial charge >= 0.3 is 0 Å². The van der Waals surface area contributed by atoms with Gasteiger partial charge in [0.25, 0.3) is 0 Å². The number of halogens is 1. The van der Waals surface area contributed by atoms with Crippen LogP contribution in [0.1, 0.15) is 60.9 Å². The summed E-state index contributed by atoms with van der Waals surface area (Å²) in [5.74, 6) is 1.23. The Morgan fingerprint density at radius 1 is 0.965 bits per heavy atom. The molecule has 14 nitrogen and oxygen atoms in total. The standard InChI is InChI=1S/C42H48ClN9O5/c1-26(53)32-6-4-5-7-34(32)46-40-33(43)23-44-42(49-40)47-35-13-12-30(22-37(35)57-3)52-21-18-31(24-52)50(2)39(55)25-51-19-16-28(17-20-51)27-8-10-29(11-9-27)45-36-14-15-38(54)48-41(36)56/h4-13,22-23,28,31,36,45H,14-21,24-25H2,1-3H3,(H,48,54,56)(H2,44,46,47,49)/t31-,36?/m1/s1. The fourth-order valence-electron chi connectivity index (χ4n) is 7.75. The first-order valence-corrected chi connectivity index (χ1v) is 19.7. The molecule has 0 aliphatic carbocycles. The molecule has 3 fully saturated rings. The van der Waals surface area contributed by atoms with Gasteiger partial charge in [0, 0.05) is 49.6 Å². The van der Waals surface area contributed by atoms with Crippen LogP contribution in [0.4, 0.5) is 34.5 Å². The number of likely N-dealkylation sites (tertiary alicyclic amines) is 1. The summed E-state index contributed by atoms with van der Waals surface area (Å²) < 4.78 is 5.76. The molecule has 3 aromatic carbocycles. The lowest BCUT2D eigenvalue weighted by molar-refractivity contribution is -0.134. The number of hydrogen-bond acceptors (Lipinski definition) is 12. The number of imide groups is 1. The number of rotatable bonds is 13. The maximum atomic E-state index is 13.5. The number of nitrogens with zero attached hydrogens (tertiary/aromatic N) is 5. The van der Waals surface area contributed by atoms with Crippen molar-refractivity contribution in [2.45, 2.75) is 57.0 Å². The number of nitrogens with one attached hydrogen (secondary N) is 4. The summed E-state index contributed by atoms with van der Waals surface area (Å²) in [5, 5.41) is 12.3. The molecule has 4 aromatic rings. The number of Topliss-reactive ketones (excluding diaryl/α,β-unsaturated/α-hetero) is 1. The van der Waals surface area contributed by atoms with E-state index in [2.05, 4.69) is 53.2 Å². The normalized spacial score (nSPS) is 18.8. The largest absolute Gasteiger partial charge is 0.494 e. The van der Waals surface area contributed by atoms with Gasteiger partial charge in [-0.3, -0.25) is 29.4 Å². The first-order chi connectivity index (χ1) is 27.5. The molecule has 0 spiro atoms. The Hall–Kier alpha value is -5.73. The molecule has 2 atom stereocenters. The lowest BCUT2D eigenvalue weighted by atomic mass is 9.89. The lowest BCUT2D eigenvalue weighted by Gasteiger charge is -2.34. The van der Waals surface area contributed by atoms with Gasteiger partial charge in [-0.1, -0.05) is 35.9 Å². The van der Waals surface area contributed by atoms with E-state index in [-0.39, 0.29) is 29.5 Å². The molecule has 3 saturated heterocycles.